The molecule has 7 heteroatoms. The van der Waals surface area contributed by atoms with Crippen LogP contribution in [0.5, 0.6) is 0 Å². The van der Waals surface area contributed by atoms with Gasteiger partial charge in [-0.25, -0.2) is 0 Å². The van der Waals surface area contributed by atoms with Crippen LogP contribution in [-0.4, -0.2) is 60.1 Å². The highest BCUT2D eigenvalue weighted by molar-refractivity contribution is 5.99. The summed E-state index contributed by atoms with van der Waals surface area (Å²) in [6.07, 6.45) is 3.37. The number of ether oxygens (including phenoxy) is 1. The topological polar surface area (TPSA) is 75.9 Å². The van der Waals surface area contributed by atoms with Crippen molar-refractivity contribution in [3.05, 3.63) is 75.4 Å². The predicted molar refractivity (Wildman–Crippen MR) is 112 cm³/mol. The zero-order valence-electron chi connectivity index (χ0n) is 16.8. The van der Waals surface area contributed by atoms with Crippen molar-refractivity contribution >= 4 is 16.9 Å². The first kappa shape index (κ1) is 19.0. The van der Waals surface area contributed by atoms with Gasteiger partial charge in [0.15, 0.2) is 5.43 Å². The van der Waals surface area contributed by atoms with E-state index in [-0.39, 0.29) is 17.1 Å². The standard InChI is InChI=1S/C23H23N3O4/c1-15-2-3-18-17(14-15)21(27)19-20(16-4-6-24-7-5-16)26(23(28)22(19)30-18)9-8-25-10-12-29-13-11-25/h2-7,14,20H,8-13H2,1H3. The molecule has 2 aliphatic heterocycles. The van der Waals surface area contributed by atoms with Crippen LogP contribution in [0.2, 0.25) is 0 Å². The Hall–Kier alpha value is -3.03. The number of rotatable bonds is 4. The van der Waals surface area contributed by atoms with Crippen LogP contribution in [0.3, 0.4) is 0 Å². The number of benzene rings is 1. The molecule has 0 aliphatic carbocycles. The first-order chi connectivity index (χ1) is 14.6. The Bertz CT molecular complexity index is 1150. The Morgan fingerprint density at radius 3 is 2.60 bits per heavy atom. The highest BCUT2D eigenvalue weighted by Gasteiger charge is 2.42. The van der Waals surface area contributed by atoms with Crippen molar-refractivity contribution in [1.82, 2.24) is 14.8 Å². The number of aromatic nitrogens is 1. The molecule has 1 unspecified atom stereocenters. The van der Waals surface area contributed by atoms with Crippen molar-refractivity contribution in [2.45, 2.75) is 13.0 Å². The molecule has 0 N–H and O–H groups in total. The third-order valence-electron chi connectivity index (χ3n) is 5.90. The van der Waals surface area contributed by atoms with E-state index in [1.165, 1.54) is 0 Å². The Morgan fingerprint density at radius 2 is 1.83 bits per heavy atom. The van der Waals surface area contributed by atoms with Gasteiger partial charge in [0, 0.05) is 38.6 Å². The summed E-state index contributed by atoms with van der Waals surface area (Å²) in [5, 5.41) is 0.510. The van der Waals surface area contributed by atoms with Crippen LogP contribution in [-0.2, 0) is 4.74 Å². The largest absolute Gasteiger partial charge is 0.450 e. The second-order valence-electron chi connectivity index (χ2n) is 7.81. The molecular formula is C23H23N3O4. The molecule has 1 aromatic carbocycles. The summed E-state index contributed by atoms with van der Waals surface area (Å²) < 4.78 is 11.4. The third kappa shape index (κ3) is 3.20. The molecule has 0 spiro atoms. The van der Waals surface area contributed by atoms with Gasteiger partial charge >= 0.3 is 0 Å². The van der Waals surface area contributed by atoms with Gasteiger partial charge in [-0.2, -0.15) is 0 Å². The van der Waals surface area contributed by atoms with Gasteiger partial charge in [-0.1, -0.05) is 11.6 Å². The molecule has 0 saturated carbocycles. The summed E-state index contributed by atoms with van der Waals surface area (Å²) in [6.45, 7) is 6.25. The van der Waals surface area contributed by atoms with E-state index in [9.17, 15) is 9.59 Å². The van der Waals surface area contributed by atoms with E-state index in [0.29, 0.717) is 36.3 Å². The summed E-state index contributed by atoms with van der Waals surface area (Å²) in [7, 11) is 0. The SMILES string of the molecule is Cc1ccc2oc3c(c(=O)c2c1)C(c1ccncc1)N(CCN1CCOCC1)C3=O. The Morgan fingerprint density at radius 1 is 1.07 bits per heavy atom. The maximum Gasteiger partial charge on any atom is 0.290 e. The van der Waals surface area contributed by atoms with Crippen molar-refractivity contribution < 1.29 is 13.9 Å². The molecule has 2 aliphatic rings. The molecule has 1 amide bonds. The van der Waals surface area contributed by atoms with Gasteiger partial charge in [0.25, 0.3) is 5.91 Å². The van der Waals surface area contributed by atoms with E-state index in [1.54, 1.807) is 23.4 Å². The molecule has 30 heavy (non-hydrogen) atoms. The summed E-state index contributed by atoms with van der Waals surface area (Å²) >= 11 is 0. The van der Waals surface area contributed by atoms with E-state index in [1.807, 2.05) is 31.2 Å². The fourth-order valence-electron chi connectivity index (χ4n) is 4.33. The Kier molecular flexibility index (Phi) is 4.84. The van der Waals surface area contributed by atoms with Crippen molar-refractivity contribution in [3.63, 3.8) is 0 Å². The van der Waals surface area contributed by atoms with Gasteiger partial charge in [-0.3, -0.25) is 19.5 Å². The number of aryl methyl sites for hydroxylation is 1. The van der Waals surface area contributed by atoms with Crippen molar-refractivity contribution in [1.29, 1.82) is 0 Å². The molecule has 1 atom stereocenters. The van der Waals surface area contributed by atoms with E-state index in [2.05, 4.69) is 9.88 Å². The van der Waals surface area contributed by atoms with Crippen LogP contribution in [0.1, 0.15) is 33.3 Å². The molecule has 0 radical (unpaired) electrons. The van der Waals surface area contributed by atoms with E-state index >= 15 is 0 Å². The zero-order valence-corrected chi connectivity index (χ0v) is 16.8. The van der Waals surface area contributed by atoms with Crippen LogP contribution in [0.25, 0.3) is 11.0 Å². The van der Waals surface area contributed by atoms with Gasteiger partial charge in [0.1, 0.15) is 5.58 Å². The number of pyridine rings is 1. The lowest BCUT2D eigenvalue weighted by Gasteiger charge is -2.31. The Balaban J connectivity index is 1.60. The third-order valence-corrected chi connectivity index (χ3v) is 5.90. The normalized spacial score (nSPS) is 19.4. The van der Waals surface area contributed by atoms with E-state index in [0.717, 1.165) is 30.8 Å². The van der Waals surface area contributed by atoms with Crippen molar-refractivity contribution in [2.24, 2.45) is 0 Å². The molecule has 0 bridgehead atoms. The number of fused-ring (bicyclic) bond motifs is 2. The number of amides is 1. The summed E-state index contributed by atoms with van der Waals surface area (Å²) in [6, 6.07) is 8.71. The maximum atomic E-state index is 13.5. The van der Waals surface area contributed by atoms with E-state index < -0.39 is 6.04 Å². The minimum absolute atomic E-state index is 0.140. The average molecular weight is 405 g/mol. The monoisotopic (exact) mass is 405 g/mol. The summed E-state index contributed by atoms with van der Waals surface area (Å²) in [5.41, 5.74) is 2.56. The molecule has 7 nitrogen and oxygen atoms in total. The first-order valence-electron chi connectivity index (χ1n) is 10.2. The molecular weight excluding hydrogens is 382 g/mol. The zero-order chi connectivity index (χ0) is 20.7. The lowest BCUT2D eigenvalue weighted by atomic mass is 9.99. The predicted octanol–water partition coefficient (Wildman–Crippen LogP) is 2.37. The Labute approximate surface area is 173 Å². The second-order valence-corrected chi connectivity index (χ2v) is 7.81. The minimum atomic E-state index is -0.474. The number of hydrogen-bond acceptors (Lipinski definition) is 6. The number of hydrogen-bond donors (Lipinski definition) is 0. The first-order valence-corrected chi connectivity index (χ1v) is 10.2. The summed E-state index contributed by atoms with van der Waals surface area (Å²) in [5.74, 6) is -0.0835. The molecule has 1 fully saturated rings. The number of morpholine rings is 1. The molecule has 2 aromatic heterocycles. The van der Waals surface area contributed by atoms with Crippen LogP contribution >= 0.6 is 0 Å². The molecule has 154 valence electrons. The van der Waals surface area contributed by atoms with E-state index in [4.69, 9.17) is 9.15 Å². The number of carbonyl (C=O) groups excluding carboxylic acids is 1. The fourth-order valence-corrected chi connectivity index (χ4v) is 4.33. The average Bonchev–Trinajstić information content (AvgIpc) is 3.06. The van der Waals surface area contributed by atoms with Crippen LogP contribution < -0.4 is 5.43 Å². The minimum Gasteiger partial charge on any atom is -0.450 e. The highest BCUT2D eigenvalue weighted by Crippen LogP contribution is 2.37. The van der Waals surface area contributed by atoms with Gasteiger partial charge in [-0.05, 0) is 36.8 Å². The molecule has 4 heterocycles. The highest BCUT2D eigenvalue weighted by atomic mass is 16.5. The second kappa shape index (κ2) is 7.66. The van der Waals surface area contributed by atoms with Gasteiger partial charge in [-0.15, -0.1) is 0 Å². The lowest BCUT2D eigenvalue weighted by molar-refractivity contribution is 0.0314. The molecule has 3 aromatic rings. The molecule has 5 rings (SSSR count). The van der Waals surface area contributed by atoms with Crippen molar-refractivity contribution in [3.8, 4) is 0 Å². The van der Waals surface area contributed by atoms with Crippen LogP contribution in [0, 0.1) is 6.92 Å². The van der Waals surface area contributed by atoms with Gasteiger partial charge in [0.05, 0.1) is 30.2 Å². The molecule has 1 saturated heterocycles. The smallest absolute Gasteiger partial charge is 0.290 e. The van der Waals surface area contributed by atoms with Gasteiger partial charge < -0.3 is 14.1 Å². The lowest BCUT2D eigenvalue weighted by Crippen LogP contribution is -2.42. The fraction of sp³-hybridized carbons (Fsp3) is 0.348. The maximum absolute atomic E-state index is 13.5. The van der Waals surface area contributed by atoms with Gasteiger partial charge in [0.2, 0.25) is 5.76 Å². The summed E-state index contributed by atoms with van der Waals surface area (Å²) in [4.78, 5) is 34.9. The van der Waals surface area contributed by atoms with Crippen molar-refractivity contribution in [2.75, 3.05) is 39.4 Å². The quantitative estimate of drug-likeness (QED) is 0.663. The van der Waals surface area contributed by atoms with Crippen LogP contribution in [0.15, 0.2) is 51.9 Å². The number of nitrogens with zero attached hydrogens (tertiary/aromatic N) is 3. The number of carbonyl (C=O) groups is 1. The van der Waals surface area contributed by atoms with Crippen LogP contribution in [0.4, 0.5) is 0 Å².